The Bertz CT molecular complexity index is 1480. The smallest absolute Gasteiger partial charge is 0.264 e. The van der Waals surface area contributed by atoms with E-state index < -0.39 is 28.5 Å². The van der Waals surface area contributed by atoms with E-state index in [9.17, 15) is 18.0 Å². The molecule has 3 aromatic rings. The Morgan fingerprint density at radius 1 is 0.902 bits per heavy atom. The molecule has 218 valence electrons. The highest BCUT2D eigenvalue weighted by atomic mass is 35.5. The van der Waals surface area contributed by atoms with Gasteiger partial charge >= 0.3 is 0 Å². The summed E-state index contributed by atoms with van der Waals surface area (Å²) in [6.45, 7) is 1.04. The maximum Gasteiger partial charge on any atom is 0.264 e. The number of carbonyl (C=O) groups excluding carboxylic acids is 2. The third-order valence-electron chi connectivity index (χ3n) is 7.18. The van der Waals surface area contributed by atoms with Crippen LogP contribution in [-0.2, 0) is 26.2 Å². The quantitative estimate of drug-likeness (QED) is 0.268. The van der Waals surface area contributed by atoms with Crippen LogP contribution in [0.5, 0.6) is 0 Å². The van der Waals surface area contributed by atoms with Crippen LogP contribution in [0.4, 0.5) is 5.69 Å². The van der Waals surface area contributed by atoms with E-state index in [1.165, 1.54) is 23.1 Å². The van der Waals surface area contributed by atoms with Crippen LogP contribution >= 0.6 is 34.8 Å². The van der Waals surface area contributed by atoms with Crippen LogP contribution < -0.4 is 9.62 Å². The summed E-state index contributed by atoms with van der Waals surface area (Å²) < 4.78 is 28.6. The second-order valence-corrected chi connectivity index (χ2v) is 13.2. The van der Waals surface area contributed by atoms with Crippen molar-refractivity contribution < 1.29 is 18.0 Å². The lowest BCUT2D eigenvalue weighted by Gasteiger charge is -2.33. The zero-order chi connectivity index (χ0) is 29.6. The van der Waals surface area contributed by atoms with Crippen LogP contribution in [-0.4, -0.2) is 43.8 Å². The van der Waals surface area contributed by atoms with Gasteiger partial charge in [0.1, 0.15) is 12.6 Å². The van der Waals surface area contributed by atoms with Crippen molar-refractivity contribution in [2.75, 3.05) is 10.8 Å². The molecule has 0 saturated heterocycles. The number of nitrogens with one attached hydrogen (secondary N) is 1. The summed E-state index contributed by atoms with van der Waals surface area (Å²) in [5, 5.41) is 4.15. The van der Waals surface area contributed by atoms with Crippen molar-refractivity contribution >= 4 is 62.3 Å². The number of nitrogens with zero attached hydrogens (tertiary/aromatic N) is 2. The zero-order valence-corrected chi connectivity index (χ0v) is 25.7. The number of hydrogen-bond donors (Lipinski definition) is 1. The fourth-order valence-corrected chi connectivity index (χ4v) is 6.94. The van der Waals surface area contributed by atoms with E-state index in [-0.39, 0.29) is 29.1 Å². The predicted molar refractivity (Wildman–Crippen MR) is 164 cm³/mol. The molecule has 1 aliphatic rings. The van der Waals surface area contributed by atoms with Gasteiger partial charge in [0.05, 0.1) is 10.6 Å². The highest BCUT2D eigenvalue weighted by molar-refractivity contribution is 7.92. The maximum atomic E-state index is 14.0. The average molecular weight is 637 g/mol. The third kappa shape index (κ3) is 7.95. The molecule has 3 aromatic carbocycles. The summed E-state index contributed by atoms with van der Waals surface area (Å²) in [6, 6.07) is 18.2. The van der Waals surface area contributed by atoms with Crippen molar-refractivity contribution in [1.29, 1.82) is 0 Å². The molecule has 0 heterocycles. The Hall–Kier alpha value is -2.78. The van der Waals surface area contributed by atoms with E-state index >= 15 is 0 Å². The zero-order valence-electron chi connectivity index (χ0n) is 22.6. The van der Waals surface area contributed by atoms with Gasteiger partial charge in [0.25, 0.3) is 10.0 Å². The van der Waals surface area contributed by atoms with Gasteiger partial charge in [0.2, 0.25) is 11.8 Å². The van der Waals surface area contributed by atoms with E-state index in [1.807, 2.05) is 0 Å². The second kappa shape index (κ2) is 13.9. The Morgan fingerprint density at radius 2 is 1.59 bits per heavy atom. The molecule has 0 radical (unpaired) electrons. The van der Waals surface area contributed by atoms with Gasteiger partial charge < -0.3 is 10.2 Å². The molecule has 1 fully saturated rings. The van der Waals surface area contributed by atoms with Gasteiger partial charge in [-0.15, -0.1) is 0 Å². The molecular weight excluding hydrogens is 605 g/mol. The summed E-state index contributed by atoms with van der Waals surface area (Å²) in [7, 11) is -4.17. The van der Waals surface area contributed by atoms with E-state index in [4.69, 9.17) is 34.8 Å². The molecule has 41 heavy (non-hydrogen) atoms. The van der Waals surface area contributed by atoms with Crippen molar-refractivity contribution in [3.05, 3.63) is 93.4 Å². The molecule has 1 aliphatic carbocycles. The van der Waals surface area contributed by atoms with Gasteiger partial charge in [-0.25, -0.2) is 8.42 Å². The lowest BCUT2D eigenvalue weighted by molar-refractivity contribution is -0.139. The van der Waals surface area contributed by atoms with Crippen molar-refractivity contribution in [3.8, 4) is 0 Å². The largest absolute Gasteiger partial charge is 0.352 e. The van der Waals surface area contributed by atoms with E-state index in [2.05, 4.69) is 5.32 Å². The topological polar surface area (TPSA) is 86.8 Å². The first kappa shape index (κ1) is 31.2. The highest BCUT2D eigenvalue weighted by Gasteiger charge is 2.33. The van der Waals surface area contributed by atoms with Crippen LogP contribution in [0.1, 0.15) is 44.6 Å². The minimum atomic E-state index is -4.17. The maximum absolute atomic E-state index is 14.0. The molecule has 0 spiro atoms. The number of rotatable bonds is 10. The number of hydrogen-bond acceptors (Lipinski definition) is 4. The molecule has 0 aliphatic heterocycles. The molecule has 11 heteroatoms. The fourth-order valence-electron chi connectivity index (χ4n) is 4.86. The number of carbonyl (C=O) groups is 2. The minimum absolute atomic E-state index is 0.0168. The molecule has 0 unspecified atom stereocenters. The van der Waals surface area contributed by atoms with Crippen molar-refractivity contribution in [3.63, 3.8) is 0 Å². The Morgan fingerprint density at radius 3 is 2.24 bits per heavy atom. The van der Waals surface area contributed by atoms with Crippen LogP contribution in [0.25, 0.3) is 0 Å². The summed E-state index contributed by atoms with van der Waals surface area (Å²) in [5.41, 5.74) is 0.792. The molecule has 1 saturated carbocycles. The normalized spacial score (nSPS) is 14.7. The minimum Gasteiger partial charge on any atom is -0.352 e. The van der Waals surface area contributed by atoms with Gasteiger partial charge in [-0.1, -0.05) is 84.4 Å². The Balaban J connectivity index is 1.69. The summed E-state index contributed by atoms with van der Waals surface area (Å²) in [4.78, 5) is 28.8. The van der Waals surface area contributed by atoms with Gasteiger partial charge in [-0.3, -0.25) is 13.9 Å². The molecule has 4 rings (SSSR count). The van der Waals surface area contributed by atoms with Gasteiger partial charge in [-0.2, -0.15) is 0 Å². The predicted octanol–water partition coefficient (Wildman–Crippen LogP) is 6.71. The van der Waals surface area contributed by atoms with Crippen LogP contribution in [0.2, 0.25) is 15.1 Å². The lowest BCUT2D eigenvalue weighted by Crippen LogP contribution is -2.53. The van der Waals surface area contributed by atoms with Gasteiger partial charge in [0, 0.05) is 27.7 Å². The van der Waals surface area contributed by atoms with Gasteiger partial charge in [0.15, 0.2) is 0 Å². The van der Waals surface area contributed by atoms with E-state index in [0.29, 0.717) is 20.6 Å². The number of sulfonamides is 1. The molecule has 1 atom stereocenters. The first-order valence-corrected chi connectivity index (χ1v) is 16.0. The summed E-state index contributed by atoms with van der Waals surface area (Å²) >= 11 is 18.7. The van der Waals surface area contributed by atoms with Gasteiger partial charge in [-0.05, 0) is 67.8 Å². The second-order valence-electron chi connectivity index (χ2n) is 10.1. The lowest BCUT2D eigenvalue weighted by atomic mass is 9.95. The summed E-state index contributed by atoms with van der Waals surface area (Å²) in [5.74, 6) is -0.891. The standard InChI is InChI=1S/C30H32Cl3N3O4S/c1-21(30(38)34-25-10-4-2-5-11-25)35(19-22-15-16-24(32)18-28(22)33)29(37)20-36(26-12-8-9-23(31)17-26)41(39,40)27-13-6-3-7-14-27/h3,6-9,12-18,21,25H,2,4-5,10-11,19-20H2,1H3,(H,34,38)/t21-/m0/s1. The third-order valence-corrected chi connectivity index (χ3v) is 9.79. The molecular formula is C30H32Cl3N3O4S. The molecule has 1 N–H and O–H groups in total. The number of anilines is 1. The van der Waals surface area contributed by atoms with E-state index in [1.54, 1.807) is 61.5 Å². The highest BCUT2D eigenvalue weighted by Crippen LogP contribution is 2.28. The Labute approximate surface area is 256 Å². The molecule has 0 bridgehead atoms. The van der Waals surface area contributed by atoms with Crippen LogP contribution in [0, 0.1) is 0 Å². The summed E-state index contributed by atoms with van der Waals surface area (Å²) in [6.07, 6.45) is 4.97. The first-order valence-electron chi connectivity index (χ1n) is 13.4. The Kier molecular flexibility index (Phi) is 10.6. The van der Waals surface area contributed by atoms with Crippen molar-refractivity contribution in [1.82, 2.24) is 10.2 Å². The van der Waals surface area contributed by atoms with Crippen LogP contribution in [0.3, 0.4) is 0 Å². The molecule has 2 amide bonds. The monoisotopic (exact) mass is 635 g/mol. The first-order chi connectivity index (χ1) is 19.6. The SMILES string of the molecule is C[C@@H](C(=O)NC1CCCCC1)N(Cc1ccc(Cl)cc1Cl)C(=O)CN(c1cccc(Cl)c1)S(=O)(=O)c1ccccc1. The fraction of sp³-hybridized carbons (Fsp3) is 0.333. The van der Waals surface area contributed by atoms with E-state index in [0.717, 1.165) is 36.4 Å². The van der Waals surface area contributed by atoms with Crippen molar-refractivity contribution in [2.24, 2.45) is 0 Å². The molecule has 7 nitrogen and oxygen atoms in total. The van der Waals surface area contributed by atoms with Crippen molar-refractivity contribution in [2.45, 2.75) is 62.6 Å². The van der Waals surface area contributed by atoms with Crippen LogP contribution in [0.15, 0.2) is 77.7 Å². The number of halogens is 3. The average Bonchev–Trinajstić information content (AvgIpc) is 2.96. The number of amides is 2. The molecule has 0 aromatic heterocycles. The number of benzene rings is 3.